The number of halogens is 1. The van der Waals surface area contributed by atoms with Gasteiger partial charge >= 0.3 is 0 Å². The Bertz CT molecular complexity index is 329. The van der Waals surface area contributed by atoms with Gasteiger partial charge in [-0.25, -0.2) is 0 Å². The molecule has 1 aromatic rings. The number of thiophene rings is 1. The number of ketones is 1. The van der Waals surface area contributed by atoms with Crippen molar-refractivity contribution in [1.82, 2.24) is 0 Å². The SMILES string of the molecule is O=C(c1sccc1I)C1CCOCC1. The molecule has 4 heteroatoms. The Morgan fingerprint density at radius 3 is 2.79 bits per heavy atom. The fourth-order valence-electron chi connectivity index (χ4n) is 1.61. The van der Waals surface area contributed by atoms with Crippen LogP contribution in [0.2, 0.25) is 0 Å². The van der Waals surface area contributed by atoms with Crippen LogP contribution in [0.5, 0.6) is 0 Å². The molecule has 1 aliphatic heterocycles. The molecule has 1 saturated heterocycles. The van der Waals surface area contributed by atoms with Crippen molar-refractivity contribution < 1.29 is 9.53 Å². The van der Waals surface area contributed by atoms with Gasteiger partial charge in [0.15, 0.2) is 5.78 Å². The average molecular weight is 322 g/mol. The summed E-state index contributed by atoms with van der Waals surface area (Å²) in [7, 11) is 0. The van der Waals surface area contributed by atoms with Crippen molar-refractivity contribution in [3.63, 3.8) is 0 Å². The molecular weight excluding hydrogens is 311 g/mol. The Balaban J connectivity index is 2.11. The molecule has 1 fully saturated rings. The Labute approximate surface area is 101 Å². The van der Waals surface area contributed by atoms with Gasteiger partial charge in [-0.05, 0) is 46.9 Å². The zero-order chi connectivity index (χ0) is 9.97. The van der Waals surface area contributed by atoms with Crippen molar-refractivity contribution in [2.45, 2.75) is 12.8 Å². The van der Waals surface area contributed by atoms with Gasteiger partial charge in [-0.15, -0.1) is 11.3 Å². The zero-order valence-corrected chi connectivity index (χ0v) is 10.6. The third-order valence-corrected chi connectivity index (χ3v) is 4.63. The van der Waals surface area contributed by atoms with E-state index >= 15 is 0 Å². The summed E-state index contributed by atoms with van der Waals surface area (Å²) in [4.78, 5) is 13.0. The topological polar surface area (TPSA) is 26.3 Å². The van der Waals surface area contributed by atoms with Gasteiger partial charge in [0.2, 0.25) is 0 Å². The molecule has 1 aliphatic rings. The first-order chi connectivity index (χ1) is 6.79. The van der Waals surface area contributed by atoms with Gasteiger partial charge in [0.1, 0.15) is 0 Å². The Hall–Kier alpha value is 0.0600. The van der Waals surface area contributed by atoms with Crippen LogP contribution in [0.25, 0.3) is 0 Å². The quantitative estimate of drug-likeness (QED) is 0.618. The fourth-order valence-corrected chi connectivity index (χ4v) is 3.49. The van der Waals surface area contributed by atoms with Crippen molar-refractivity contribution in [2.75, 3.05) is 13.2 Å². The van der Waals surface area contributed by atoms with E-state index in [9.17, 15) is 4.79 Å². The zero-order valence-electron chi connectivity index (χ0n) is 7.66. The summed E-state index contributed by atoms with van der Waals surface area (Å²) >= 11 is 3.78. The lowest BCUT2D eigenvalue weighted by Crippen LogP contribution is -2.23. The molecule has 0 N–H and O–H groups in total. The minimum Gasteiger partial charge on any atom is -0.381 e. The van der Waals surface area contributed by atoms with Crippen molar-refractivity contribution >= 4 is 39.7 Å². The average Bonchev–Trinajstić information content (AvgIpc) is 2.65. The standard InChI is InChI=1S/C10H11IO2S/c11-8-3-6-14-10(8)9(12)7-1-4-13-5-2-7/h3,6-7H,1-2,4-5H2. The molecule has 0 atom stereocenters. The number of carbonyl (C=O) groups excluding carboxylic acids is 1. The number of Topliss-reactive ketones (excluding diaryl/α,β-unsaturated/α-hetero) is 1. The highest BCUT2D eigenvalue weighted by atomic mass is 127. The summed E-state index contributed by atoms with van der Waals surface area (Å²) in [6, 6.07) is 2.00. The van der Waals surface area contributed by atoms with Crippen LogP contribution in [0.1, 0.15) is 22.5 Å². The maximum atomic E-state index is 12.0. The lowest BCUT2D eigenvalue weighted by molar-refractivity contribution is 0.0547. The molecule has 14 heavy (non-hydrogen) atoms. The van der Waals surface area contributed by atoms with E-state index in [4.69, 9.17) is 4.74 Å². The molecule has 0 saturated carbocycles. The molecule has 0 aromatic carbocycles. The Morgan fingerprint density at radius 1 is 1.50 bits per heavy atom. The van der Waals surface area contributed by atoms with Crippen LogP contribution in [0, 0.1) is 9.49 Å². The predicted octanol–water partition coefficient (Wildman–Crippen LogP) is 2.96. The molecule has 0 radical (unpaired) electrons. The molecule has 76 valence electrons. The van der Waals surface area contributed by atoms with Crippen molar-refractivity contribution in [3.05, 3.63) is 19.9 Å². The van der Waals surface area contributed by atoms with Crippen LogP contribution in [-0.2, 0) is 4.74 Å². The summed E-state index contributed by atoms with van der Waals surface area (Å²) in [5.41, 5.74) is 0. The minimum atomic E-state index is 0.191. The summed E-state index contributed by atoms with van der Waals surface area (Å²) in [5.74, 6) is 0.503. The van der Waals surface area contributed by atoms with E-state index in [-0.39, 0.29) is 5.92 Å². The minimum absolute atomic E-state index is 0.191. The van der Waals surface area contributed by atoms with Gasteiger partial charge in [-0.1, -0.05) is 0 Å². The largest absolute Gasteiger partial charge is 0.381 e. The summed E-state index contributed by atoms with van der Waals surface area (Å²) in [5, 5.41) is 1.98. The molecule has 1 aromatic heterocycles. The van der Waals surface area contributed by atoms with Crippen LogP contribution in [-0.4, -0.2) is 19.0 Å². The second-order valence-corrected chi connectivity index (χ2v) is 5.43. The number of carbonyl (C=O) groups is 1. The van der Waals surface area contributed by atoms with Gasteiger partial charge in [-0.2, -0.15) is 0 Å². The Kier molecular flexibility index (Phi) is 3.57. The fraction of sp³-hybridized carbons (Fsp3) is 0.500. The molecule has 2 nitrogen and oxygen atoms in total. The van der Waals surface area contributed by atoms with Gasteiger partial charge in [0.25, 0.3) is 0 Å². The lowest BCUT2D eigenvalue weighted by atomic mass is 9.94. The number of rotatable bonds is 2. The molecule has 0 amide bonds. The summed E-state index contributed by atoms with van der Waals surface area (Å²) in [6.45, 7) is 1.47. The summed E-state index contributed by atoms with van der Waals surface area (Å²) < 4.78 is 6.33. The molecule has 0 unspecified atom stereocenters. The molecule has 0 aliphatic carbocycles. The van der Waals surface area contributed by atoms with Gasteiger partial charge in [0.05, 0.1) is 4.88 Å². The van der Waals surface area contributed by atoms with E-state index in [1.807, 2.05) is 11.4 Å². The third kappa shape index (κ3) is 2.17. The highest BCUT2D eigenvalue weighted by Crippen LogP contribution is 2.26. The first kappa shape index (κ1) is 10.6. The highest BCUT2D eigenvalue weighted by Gasteiger charge is 2.24. The molecule has 2 heterocycles. The lowest BCUT2D eigenvalue weighted by Gasteiger charge is -2.20. The van der Waals surface area contributed by atoms with E-state index in [2.05, 4.69) is 22.6 Å². The van der Waals surface area contributed by atoms with E-state index in [0.717, 1.165) is 34.5 Å². The van der Waals surface area contributed by atoms with E-state index in [1.165, 1.54) is 0 Å². The number of ether oxygens (including phenoxy) is 1. The number of hydrogen-bond donors (Lipinski definition) is 0. The highest BCUT2D eigenvalue weighted by molar-refractivity contribution is 14.1. The van der Waals surface area contributed by atoms with E-state index in [0.29, 0.717) is 5.78 Å². The van der Waals surface area contributed by atoms with Gasteiger partial charge in [-0.3, -0.25) is 4.79 Å². The molecule has 0 spiro atoms. The monoisotopic (exact) mass is 322 g/mol. The van der Waals surface area contributed by atoms with E-state index in [1.54, 1.807) is 11.3 Å². The first-order valence-corrected chi connectivity index (χ1v) is 6.60. The van der Waals surface area contributed by atoms with Crippen LogP contribution in [0.4, 0.5) is 0 Å². The third-order valence-electron chi connectivity index (χ3n) is 2.43. The molecular formula is C10H11IO2S. The van der Waals surface area contributed by atoms with Gasteiger partial charge in [0, 0.05) is 22.7 Å². The second kappa shape index (κ2) is 4.72. The van der Waals surface area contributed by atoms with Crippen molar-refractivity contribution in [1.29, 1.82) is 0 Å². The van der Waals surface area contributed by atoms with Crippen LogP contribution in [0.15, 0.2) is 11.4 Å². The summed E-state index contributed by atoms with van der Waals surface area (Å²) in [6.07, 6.45) is 1.76. The smallest absolute Gasteiger partial charge is 0.177 e. The second-order valence-electron chi connectivity index (χ2n) is 3.35. The molecule has 2 rings (SSSR count). The van der Waals surface area contributed by atoms with E-state index < -0.39 is 0 Å². The number of hydrogen-bond acceptors (Lipinski definition) is 3. The van der Waals surface area contributed by atoms with Crippen molar-refractivity contribution in [3.8, 4) is 0 Å². The van der Waals surface area contributed by atoms with Crippen molar-refractivity contribution in [2.24, 2.45) is 5.92 Å². The molecule has 0 bridgehead atoms. The van der Waals surface area contributed by atoms with Crippen LogP contribution >= 0.6 is 33.9 Å². The van der Waals surface area contributed by atoms with Crippen LogP contribution < -0.4 is 0 Å². The maximum Gasteiger partial charge on any atom is 0.177 e. The Morgan fingerprint density at radius 2 is 2.21 bits per heavy atom. The first-order valence-electron chi connectivity index (χ1n) is 4.64. The normalized spacial score (nSPS) is 18.4. The van der Waals surface area contributed by atoms with Crippen LogP contribution in [0.3, 0.4) is 0 Å². The predicted molar refractivity (Wildman–Crippen MR) is 64.9 cm³/mol. The maximum absolute atomic E-state index is 12.0. The van der Waals surface area contributed by atoms with Gasteiger partial charge < -0.3 is 4.74 Å².